The van der Waals surface area contributed by atoms with Crippen LogP contribution in [0.1, 0.15) is 53.7 Å². The molecule has 0 aliphatic carbocycles. The molecule has 0 fully saturated rings. The topological polar surface area (TPSA) is 82.8 Å². The third kappa shape index (κ3) is 5.49. The standard InChI is InChI=1S/C29H26O6/c1-17(2)25-15-26-23(14-28(31)35-27(26)13-18(25)3)16-33-29(32)22-7-5-20(6-8-22)21-9-11-24(12-10-21)34-19(4)30/h5-15,17H,16H2,1-4H3. The van der Waals surface area contributed by atoms with E-state index in [4.69, 9.17) is 13.9 Å². The van der Waals surface area contributed by atoms with E-state index in [-0.39, 0.29) is 12.6 Å². The van der Waals surface area contributed by atoms with Gasteiger partial charge in [0.25, 0.3) is 0 Å². The molecule has 6 heteroatoms. The van der Waals surface area contributed by atoms with Crippen molar-refractivity contribution in [2.24, 2.45) is 0 Å². The van der Waals surface area contributed by atoms with E-state index in [1.165, 1.54) is 13.0 Å². The summed E-state index contributed by atoms with van der Waals surface area (Å²) in [6.45, 7) is 7.50. The average Bonchev–Trinajstić information content (AvgIpc) is 2.82. The first-order valence-corrected chi connectivity index (χ1v) is 11.3. The predicted molar refractivity (Wildman–Crippen MR) is 134 cm³/mol. The maximum absolute atomic E-state index is 12.7. The predicted octanol–water partition coefficient (Wildman–Crippen LogP) is 6.17. The number of fused-ring (bicyclic) bond motifs is 1. The lowest BCUT2D eigenvalue weighted by Gasteiger charge is -2.13. The molecular formula is C29H26O6. The highest BCUT2D eigenvalue weighted by molar-refractivity contribution is 5.90. The number of esters is 2. The largest absolute Gasteiger partial charge is 0.457 e. The van der Waals surface area contributed by atoms with Crippen molar-refractivity contribution in [1.82, 2.24) is 0 Å². The van der Waals surface area contributed by atoms with Crippen LogP contribution in [0, 0.1) is 6.92 Å². The number of benzene rings is 3. The minimum atomic E-state index is -0.487. The zero-order chi connectivity index (χ0) is 25.1. The van der Waals surface area contributed by atoms with Crippen LogP contribution in [-0.2, 0) is 16.1 Å². The van der Waals surface area contributed by atoms with Gasteiger partial charge in [0.05, 0.1) is 5.56 Å². The lowest BCUT2D eigenvalue weighted by Crippen LogP contribution is -2.08. The average molecular weight is 471 g/mol. The van der Waals surface area contributed by atoms with Gasteiger partial charge < -0.3 is 13.9 Å². The summed E-state index contributed by atoms with van der Waals surface area (Å²) in [7, 11) is 0. The van der Waals surface area contributed by atoms with E-state index >= 15 is 0 Å². The van der Waals surface area contributed by atoms with Crippen molar-refractivity contribution in [3.05, 3.63) is 99.4 Å². The van der Waals surface area contributed by atoms with Crippen molar-refractivity contribution in [1.29, 1.82) is 0 Å². The van der Waals surface area contributed by atoms with Crippen molar-refractivity contribution in [3.8, 4) is 16.9 Å². The van der Waals surface area contributed by atoms with Crippen molar-refractivity contribution in [2.75, 3.05) is 0 Å². The maximum Gasteiger partial charge on any atom is 0.338 e. The molecule has 178 valence electrons. The number of carbonyl (C=O) groups is 2. The number of ether oxygens (including phenoxy) is 2. The van der Waals surface area contributed by atoms with Gasteiger partial charge in [-0.1, -0.05) is 38.1 Å². The van der Waals surface area contributed by atoms with E-state index in [0.717, 1.165) is 27.6 Å². The van der Waals surface area contributed by atoms with Crippen LogP contribution in [0.4, 0.5) is 0 Å². The van der Waals surface area contributed by atoms with Crippen LogP contribution in [0.15, 0.2) is 75.9 Å². The Morgan fingerprint density at radius 3 is 2.14 bits per heavy atom. The third-order valence-corrected chi connectivity index (χ3v) is 5.77. The van der Waals surface area contributed by atoms with Crippen molar-refractivity contribution < 1.29 is 23.5 Å². The smallest absolute Gasteiger partial charge is 0.338 e. The highest BCUT2D eigenvalue weighted by Crippen LogP contribution is 2.28. The molecule has 0 unspecified atom stereocenters. The van der Waals surface area contributed by atoms with Crippen molar-refractivity contribution in [3.63, 3.8) is 0 Å². The summed E-state index contributed by atoms with van der Waals surface area (Å²) >= 11 is 0. The number of carbonyl (C=O) groups excluding carboxylic acids is 2. The molecule has 6 nitrogen and oxygen atoms in total. The van der Waals surface area contributed by atoms with E-state index < -0.39 is 11.6 Å². The van der Waals surface area contributed by atoms with Gasteiger partial charge in [0.1, 0.15) is 17.9 Å². The van der Waals surface area contributed by atoms with Crippen LogP contribution in [0.2, 0.25) is 0 Å². The summed E-state index contributed by atoms with van der Waals surface area (Å²) in [5, 5.41) is 0.763. The zero-order valence-electron chi connectivity index (χ0n) is 20.1. The Balaban J connectivity index is 1.50. The molecule has 4 rings (SSSR count). The fraction of sp³-hybridized carbons (Fsp3) is 0.207. The van der Waals surface area contributed by atoms with Crippen LogP contribution in [0.3, 0.4) is 0 Å². The molecule has 0 atom stereocenters. The summed E-state index contributed by atoms with van der Waals surface area (Å²) < 4.78 is 16.0. The number of hydrogen-bond donors (Lipinski definition) is 0. The Hall–Kier alpha value is -4.19. The monoisotopic (exact) mass is 470 g/mol. The number of hydrogen-bond acceptors (Lipinski definition) is 6. The molecule has 0 bridgehead atoms. The van der Waals surface area contributed by atoms with Crippen LogP contribution in [0.25, 0.3) is 22.1 Å². The summed E-state index contributed by atoms with van der Waals surface area (Å²) in [5.41, 5.74) is 5.02. The molecular weight excluding hydrogens is 444 g/mol. The second kappa shape index (κ2) is 9.97. The molecule has 0 amide bonds. The minimum Gasteiger partial charge on any atom is -0.457 e. The van der Waals surface area contributed by atoms with Crippen LogP contribution in [0.5, 0.6) is 5.75 Å². The highest BCUT2D eigenvalue weighted by Gasteiger charge is 2.14. The van der Waals surface area contributed by atoms with Crippen molar-refractivity contribution in [2.45, 2.75) is 40.2 Å². The molecule has 0 N–H and O–H groups in total. The Morgan fingerprint density at radius 2 is 1.54 bits per heavy atom. The van der Waals surface area contributed by atoms with Crippen LogP contribution < -0.4 is 10.4 Å². The second-order valence-electron chi connectivity index (χ2n) is 8.72. The summed E-state index contributed by atoms with van der Waals surface area (Å²) in [4.78, 5) is 35.8. The molecule has 0 saturated carbocycles. The van der Waals surface area contributed by atoms with Gasteiger partial charge >= 0.3 is 17.6 Å². The summed E-state index contributed by atoms with van der Waals surface area (Å²) in [6.07, 6.45) is 0. The van der Waals surface area contributed by atoms with Gasteiger partial charge in [-0.25, -0.2) is 9.59 Å². The molecule has 35 heavy (non-hydrogen) atoms. The molecule has 0 aliphatic heterocycles. The van der Waals surface area contributed by atoms with E-state index in [1.54, 1.807) is 24.3 Å². The summed E-state index contributed by atoms with van der Waals surface area (Å²) in [6, 6.07) is 19.4. The van der Waals surface area contributed by atoms with Gasteiger partial charge in [-0.15, -0.1) is 0 Å². The van der Waals surface area contributed by atoms with E-state index in [0.29, 0.717) is 28.4 Å². The lowest BCUT2D eigenvalue weighted by molar-refractivity contribution is -0.131. The van der Waals surface area contributed by atoms with Gasteiger partial charge in [-0.3, -0.25) is 4.79 Å². The fourth-order valence-electron chi connectivity index (χ4n) is 4.04. The molecule has 0 aliphatic rings. The van der Waals surface area contributed by atoms with Gasteiger partial charge in [0, 0.05) is 23.9 Å². The van der Waals surface area contributed by atoms with Gasteiger partial charge in [-0.05, 0) is 71.5 Å². The zero-order valence-corrected chi connectivity index (χ0v) is 20.1. The SMILES string of the molecule is CC(=O)Oc1ccc(-c2ccc(C(=O)OCc3cc(=O)oc4cc(C)c(C(C)C)cc34)cc2)cc1. The Morgan fingerprint density at radius 1 is 0.914 bits per heavy atom. The minimum absolute atomic E-state index is 0.0408. The molecule has 4 aromatic rings. The second-order valence-corrected chi connectivity index (χ2v) is 8.72. The quantitative estimate of drug-likeness (QED) is 0.190. The normalized spacial score (nSPS) is 11.0. The first kappa shape index (κ1) is 24.0. The van der Waals surface area contributed by atoms with E-state index in [1.807, 2.05) is 43.3 Å². The number of aryl methyl sites for hydroxylation is 1. The number of rotatable bonds is 6. The van der Waals surface area contributed by atoms with E-state index in [9.17, 15) is 14.4 Å². The lowest BCUT2D eigenvalue weighted by atomic mass is 9.95. The summed E-state index contributed by atoms with van der Waals surface area (Å²) in [5.74, 6) is -0.0856. The third-order valence-electron chi connectivity index (χ3n) is 5.77. The van der Waals surface area contributed by atoms with Crippen LogP contribution >= 0.6 is 0 Å². The highest BCUT2D eigenvalue weighted by atomic mass is 16.5. The Kier molecular flexibility index (Phi) is 6.82. The van der Waals surface area contributed by atoms with Crippen molar-refractivity contribution >= 4 is 22.9 Å². The van der Waals surface area contributed by atoms with E-state index in [2.05, 4.69) is 13.8 Å². The fourth-order valence-corrected chi connectivity index (χ4v) is 4.04. The molecule has 0 saturated heterocycles. The molecule has 1 aromatic heterocycles. The molecule has 0 spiro atoms. The first-order valence-electron chi connectivity index (χ1n) is 11.3. The molecule has 1 heterocycles. The maximum atomic E-state index is 12.7. The first-order chi connectivity index (χ1) is 16.7. The molecule has 3 aromatic carbocycles. The van der Waals surface area contributed by atoms with Gasteiger partial charge in [0.2, 0.25) is 0 Å². The van der Waals surface area contributed by atoms with Crippen LogP contribution in [-0.4, -0.2) is 11.9 Å². The Bertz CT molecular complexity index is 1440. The van der Waals surface area contributed by atoms with Gasteiger partial charge in [0.15, 0.2) is 0 Å². The molecule has 0 radical (unpaired) electrons. The van der Waals surface area contributed by atoms with Gasteiger partial charge in [-0.2, -0.15) is 0 Å². The Labute approximate surface area is 203 Å².